The number of fused-ring (bicyclic) bond motifs is 1. The molecule has 38 heavy (non-hydrogen) atoms. The molecule has 1 heterocycles. The summed E-state index contributed by atoms with van der Waals surface area (Å²) in [5, 5.41) is 3.36. The second-order valence-corrected chi connectivity index (χ2v) is 15.8. The van der Waals surface area contributed by atoms with E-state index in [1.165, 1.54) is 24.6 Å². The summed E-state index contributed by atoms with van der Waals surface area (Å²) in [7, 11) is -6.39. The molecule has 2 aromatic carbocycles. The van der Waals surface area contributed by atoms with Crippen molar-refractivity contribution in [3.63, 3.8) is 0 Å². The highest BCUT2D eigenvalue weighted by molar-refractivity contribution is 7.90. The lowest BCUT2D eigenvalue weighted by atomic mass is 9.43. The van der Waals surface area contributed by atoms with Gasteiger partial charge in [0.05, 0.1) is 17.5 Å². The van der Waals surface area contributed by atoms with Gasteiger partial charge >= 0.3 is 6.03 Å². The van der Waals surface area contributed by atoms with Crippen LogP contribution in [0.15, 0.2) is 48.5 Å². The number of amides is 2. The van der Waals surface area contributed by atoms with E-state index < -0.39 is 31.3 Å². The molecule has 2 bridgehead atoms. The smallest absolute Gasteiger partial charge is 0.318 e. The van der Waals surface area contributed by atoms with E-state index in [2.05, 4.69) is 5.32 Å². The van der Waals surface area contributed by atoms with E-state index >= 15 is 0 Å². The molecule has 3 saturated carbocycles. The number of benzene rings is 2. The van der Waals surface area contributed by atoms with Gasteiger partial charge in [-0.25, -0.2) is 26.0 Å². The standard InChI is InChI=1S/C27H34FN3O5S2/c1-37(33,34)15-12-29-26-17-27(18-26,19-26)31(14-16-38(2,35)36)25(32)30-13-11-20-5-3-4-6-23(20)24(30)21-7-9-22(28)10-8-21/h3-10,24,29H,11-19H2,1-2H3/t24-,26?,27?/m0/s1. The topological polar surface area (TPSA) is 104 Å². The van der Waals surface area contributed by atoms with Crippen LogP contribution >= 0.6 is 0 Å². The monoisotopic (exact) mass is 563 g/mol. The fourth-order valence-electron chi connectivity index (χ4n) is 6.43. The van der Waals surface area contributed by atoms with Crippen LogP contribution in [0.5, 0.6) is 0 Å². The van der Waals surface area contributed by atoms with Crippen molar-refractivity contribution in [3.05, 3.63) is 71.0 Å². The van der Waals surface area contributed by atoms with Crippen LogP contribution in [0.4, 0.5) is 9.18 Å². The van der Waals surface area contributed by atoms with Crippen molar-refractivity contribution < 1.29 is 26.0 Å². The largest absolute Gasteiger partial charge is 0.321 e. The summed E-state index contributed by atoms with van der Waals surface area (Å²) in [4.78, 5) is 17.8. The van der Waals surface area contributed by atoms with Crippen LogP contribution < -0.4 is 5.32 Å². The molecule has 3 fully saturated rings. The van der Waals surface area contributed by atoms with Crippen LogP contribution in [-0.2, 0) is 26.1 Å². The number of hydrogen-bond acceptors (Lipinski definition) is 6. The molecule has 1 aliphatic heterocycles. The summed E-state index contributed by atoms with van der Waals surface area (Å²) >= 11 is 0. The predicted molar refractivity (Wildman–Crippen MR) is 144 cm³/mol. The first kappa shape index (κ1) is 27.1. The average Bonchev–Trinajstić information content (AvgIpc) is 2.79. The summed E-state index contributed by atoms with van der Waals surface area (Å²) in [5.74, 6) is -0.445. The van der Waals surface area contributed by atoms with E-state index in [1.54, 1.807) is 21.9 Å². The number of halogens is 1. The third kappa shape index (κ3) is 5.33. The summed E-state index contributed by atoms with van der Waals surface area (Å²) in [6, 6.07) is 13.5. The third-order valence-corrected chi connectivity index (χ3v) is 10.0. The average molecular weight is 564 g/mol. The van der Waals surface area contributed by atoms with Gasteiger partial charge in [0.1, 0.15) is 25.5 Å². The van der Waals surface area contributed by atoms with Crippen molar-refractivity contribution >= 4 is 25.7 Å². The second kappa shape index (κ2) is 9.60. The number of carbonyl (C=O) groups is 1. The molecular weight excluding hydrogens is 529 g/mol. The van der Waals surface area contributed by atoms with Gasteiger partial charge in [0.15, 0.2) is 0 Å². The Balaban J connectivity index is 1.41. The lowest BCUT2D eigenvalue weighted by Crippen LogP contribution is -2.84. The van der Waals surface area contributed by atoms with Gasteiger partial charge in [-0.2, -0.15) is 0 Å². The molecule has 4 aliphatic rings. The highest BCUT2D eigenvalue weighted by atomic mass is 32.2. The molecule has 0 saturated heterocycles. The molecule has 8 nitrogen and oxygen atoms in total. The zero-order valence-electron chi connectivity index (χ0n) is 21.7. The lowest BCUT2D eigenvalue weighted by Gasteiger charge is -2.74. The fourth-order valence-corrected chi connectivity index (χ4v) is 7.42. The van der Waals surface area contributed by atoms with Crippen LogP contribution in [-0.4, -0.2) is 87.4 Å². The van der Waals surface area contributed by atoms with Gasteiger partial charge in [-0.15, -0.1) is 0 Å². The second-order valence-electron chi connectivity index (χ2n) is 11.3. The maximum absolute atomic E-state index is 14.3. The number of urea groups is 1. The summed E-state index contributed by atoms with van der Waals surface area (Å²) < 4.78 is 61.0. The Morgan fingerprint density at radius 3 is 2.26 bits per heavy atom. The molecule has 0 unspecified atom stereocenters. The van der Waals surface area contributed by atoms with Gasteiger partial charge < -0.3 is 15.1 Å². The van der Waals surface area contributed by atoms with Gasteiger partial charge in [0.2, 0.25) is 0 Å². The molecule has 11 heteroatoms. The Kier molecular flexibility index (Phi) is 6.84. The number of rotatable bonds is 9. The van der Waals surface area contributed by atoms with Gasteiger partial charge in [-0.05, 0) is 54.5 Å². The summed E-state index contributed by atoms with van der Waals surface area (Å²) in [5.41, 5.74) is 2.25. The lowest BCUT2D eigenvalue weighted by molar-refractivity contribution is -0.161. The number of hydrogen-bond donors (Lipinski definition) is 1. The first-order valence-corrected chi connectivity index (χ1v) is 16.9. The summed E-state index contributed by atoms with van der Waals surface area (Å²) in [6.45, 7) is 0.897. The van der Waals surface area contributed by atoms with Crippen molar-refractivity contribution in [2.75, 3.05) is 43.7 Å². The van der Waals surface area contributed by atoms with E-state index in [1.807, 2.05) is 24.3 Å². The van der Waals surface area contributed by atoms with Crippen LogP contribution in [0.2, 0.25) is 0 Å². The zero-order chi connectivity index (χ0) is 27.3. The molecule has 1 N–H and O–H groups in total. The van der Waals surface area contributed by atoms with Crippen LogP contribution in [0.3, 0.4) is 0 Å². The van der Waals surface area contributed by atoms with E-state index in [0.29, 0.717) is 38.8 Å². The third-order valence-electron chi connectivity index (χ3n) is 8.18. The van der Waals surface area contributed by atoms with Crippen molar-refractivity contribution in [1.29, 1.82) is 0 Å². The van der Waals surface area contributed by atoms with Gasteiger partial charge in [0.25, 0.3) is 0 Å². The Morgan fingerprint density at radius 2 is 1.63 bits per heavy atom. The van der Waals surface area contributed by atoms with Gasteiger partial charge in [0, 0.05) is 43.2 Å². The maximum atomic E-state index is 14.3. The van der Waals surface area contributed by atoms with Crippen molar-refractivity contribution in [2.24, 2.45) is 0 Å². The Bertz CT molecular complexity index is 1420. The molecular formula is C27H34FN3O5S2. The van der Waals surface area contributed by atoms with Crippen molar-refractivity contribution in [2.45, 2.75) is 42.8 Å². The normalized spacial score (nSPS) is 26.2. The van der Waals surface area contributed by atoms with Crippen molar-refractivity contribution in [1.82, 2.24) is 15.1 Å². The van der Waals surface area contributed by atoms with E-state index in [0.717, 1.165) is 16.7 Å². The minimum Gasteiger partial charge on any atom is -0.318 e. The fraction of sp³-hybridized carbons (Fsp3) is 0.519. The van der Waals surface area contributed by atoms with E-state index in [4.69, 9.17) is 0 Å². The molecule has 2 aromatic rings. The molecule has 1 atom stereocenters. The van der Waals surface area contributed by atoms with E-state index in [-0.39, 0.29) is 35.4 Å². The van der Waals surface area contributed by atoms with Crippen molar-refractivity contribution in [3.8, 4) is 0 Å². The first-order chi connectivity index (χ1) is 17.8. The van der Waals surface area contributed by atoms with Gasteiger partial charge in [-0.3, -0.25) is 0 Å². The molecule has 0 aromatic heterocycles. The molecule has 6 rings (SSSR count). The van der Waals surface area contributed by atoms with Gasteiger partial charge in [-0.1, -0.05) is 36.4 Å². The molecule has 3 aliphatic carbocycles. The Labute approximate surface area is 224 Å². The van der Waals surface area contributed by atoms with Crippen LogP contribution in [0.25, 0.3) is 0 Å². The number of nitrogens with zero attached hydrogens (tertiary/aromatic N) is 2. The quantitative estimate of drug-likeness (QED) is 0.503. The number of sulfone groups is 2. The minimum absolute atomic E-state index is 0.0466. The molecule has 206 valence electrons. The zero-order valence-corrected chi connectivity index (χ0v) is 23.3. The van der Waals surface area contributed by atoms with Crippen LogP contribution in [0.1, 0.15) is 42.0 Å². The minimum atomic E-state index is -3.31. The molecule has 2 amide bonds. The molecule has 0 radical (unpaired) electrons. The number of nitrogens with one attached hydrogen (secondary N) is 1. The van der Waals surface area contributed by atoms with E-state index in [9.17, 15) is 26.0 Å². The highest BCUT2D eigenvalue weighted by Gasteiger charge is 2.71. The maximum Gasteiger partial charge on any atom is 0.321 e. The Hall–Kier alpha value is -2.50. The summed E-state index contributed by atoms with van der Waals surface area (Å²) in [6.07, 6.45) is 5.02. The molecule has 0 spiro atoms. The highest BCUT2D eigenvalue weighted by Crippen LogP contribution is 2.63. The SMILES string of the molecule is CS(=O)(=O)CCNC12CC(N(CCS(C)(=O)=O)C(=O)N3CCc4ccccc4[C@@H]3c3ccc(F)cc3)(C1)C2. The Morgan fingerprint density at radius 1 is 1.00 bits per heavy atom. The predicted octanol–water partition coefficient (Wildman–Crippen LogP) is 2.55. The van der Waals surface area contributed by atoms with Crippen LogP contribution in [0, 0.1) is 5.82 Å². The first-order valence-electron chi connectivity index (χ1n) is 12.8. The number of carbonyl (C=O) groups excluding carboxylic acids is 1.